The molecule has 0 bridgehead atoms. The van der Waals surface area contributed by atoms with E-state index in [9.17, 15) is 4.79 Å². The summed E-state index contributed by atoms with van der Waals surface area (Å²) < 4.78 is 0. The number of hydrogen-bond donors (Lipinski definition) is 1. The number of hydrogen-bond acceptors (Lipinski definition) is 2. The Bertz CT molecular complexity index is 431. The zero-order chi connectivity index (χ0) is 13.7. The number of benzene rings is 1. The Balaban J connectivity index is 2.07. The lowest BCUT2D eigenvalue weighted by atomic mass is 10.0. The third-order valence-electron chi connectivity index (χ3n) is 4.05. The summed E-state index contributed by atoms with van der Waals surface area (Å²) in [4.78, 5) is 14.5. The number of rotatable bonds is 3. The third-order valence-corrected chi connectivity index (χ3v) is 4.05. The molecule has 1 unspecified atom stereocenters. The molecule has 1 heterocycles. The number of nitrogens with two attached hydrogens (primary N) is 1. The van der Waals surface area contributed by atoms with Gasteiger partial charge < -0.3 is 10.6 Å². The zero-order valence-electron chi connectivity index (χ0n) is 11.8. The van der Waals surface area contributed by atoms with Crippen LogP contribution in [0.3, 0.4) is 0 Å². The highest BCUT2D eigenvalue weighted by Gasteiger charge is 2.22. The number of amides is 1. The molecule has 0 aliphatic carbocycles. The van der Waals surface area contributed by atoms with Gasteiger partial charge in [-0.2, -0.15) is 0 Å². The lowest BCUT2D eigenvalue weighted by Crippen LogP contribution is -2.39. The molecule has 1 aliphatic heterocycles. The Labute approximate surface area is 115 Å². The highest BCUT2D eigenvalue weighted by atomic mass is 16.2. The van der Waals surface area contributed by atoms with E-state index in [1.807, 2.05) is 24.3 Å². The fraction of sp³-hybridized carbons (Fsp3) is 0.562. The zero-order valence-corrected chi connectivity index (χ0v) is 11.8. The third kappa shape index (κ3) is 3.57. The van der Waals surface area contributed by atoms with Gasteiger partial charge in [-0.1, -0.05) is 37.1 Å². The van der Waals surface area contributed by atoms with Crippen LogP contribution in [0.1, 0.15) is 43.7 Å². The van der Waals surface area contributed by atoms with Gasteiger partial charge in [0.1, 0.15) is 0 Å². The number of likely N-dealkylation sites (tertiary alicyclic amines) is 1. The van der Waals surface area contributed by atoms with Gasteiger partial charge >= 0.3 is 0 Å². The molecule has 2 rings (SSSR count). The molecule has 1 aliphatic rings. The van der Waals surface area contributed by atoms with E-state index in [-0.39, 0.29) is 5.91 Å². The summed E-state index contributed by atoms with van der Waals surface area (Å²) in [5.74, 6) is 0.246. The molecule has 104 valence electrons. The van der Waals surface area contributed by atoms with E-state index >= 15 is 0 Å². The molecule has 1 atom stereocenters. The lowest BCUT2D eigenvalue weighted by Gasteiger charge is -2.27. The van der Waals surface area contributed by atoms with E-state index in [0.29, 0.717) is 19.0 Å². The quantitative estimate of drug-likeness (QED) is 0.907. The molecule has 1 aromatic carbocycles. The van der Waals surface area contributed by atoms with Gasteiger partial charge in [0.2, 0.25) is 5.91 Å². The first-order valence-electron chi connectivity index (χ1n) is 7.28. The van der Waals surface area contributed by atoms with E-state index < -0.39 is 0 Å². The minimum atomic E-state index is 0.246. The molecule has 3 heteroatoms. The van der Waals surface area contributed by atoms with Gasteiger partial charge in [-0.05, 0) is 30.9 Å². The van der Waals surface area contributed by atoms with Crippen LogP contribution in [0, 0.1) is 0 Å². The van der Waals surface area contributed by atoms with Crippen LogP contribution in [0.5, 0.6) is 0 Å². The van der Waals surface area contributed by atoms with Gasteiger partial charge in [-0.15, -0.1) is 0 Å². The van der Waals surface area contributed by atoms with E-state index in [1.165, 1.54) is 12.8 Å². The molecule has 1 aromatic rings. The van der Waals surface area contributed by atoms with Crippen molar-refractivity contribution in [2.45, 2.75) is 51.6 Å². The molecule has 19 heavy (non-hydrogen) atoms. The van der Waals surface area contributed by atoms with Crippen LogP contribution in [0.25, 0.3) is 0 Å². The molecule has 0 saturated carbocycles. The molecular weight excluding hydrogens is 236 g/mol. The summed E-state index contributed by atoms with van der Waals surface area (Å²) in [5.41, 5.74) is 7.89. The van der Waals surface area contributed by atoms with Crippen LogP contribution in [-0.4, -0.2) is 23.4 Å². The van der Waals surface area contributed by atoms with E-state index in [1.54, 1.807) is 0 Å². The Morgan fingerprint density at radius 2 is 2.00 bits per heavy atom. The summed E-state index contributed by atoms with van der Waals surface area (Å²) in [5, 5.41) is 0. The molecule has 2 N–H and O–H groups in total. The molecule has 1 saturated heterocycles. The second kappa shape index (κ2) is 6.71. The first-order chi connectivity index (χ1) is 9.22. The van der Waals surface area contributed by atoms with Crippen LogP contribution in [0.4, 0.5) is 0 Å². The summed E-state index contributed by atoms with van der Waals surface area (Å²) in [6.07, 6.45) is 5.23. The molecule has 0 aromatic heterocycles. The van der Waals surface area contributed by atoms with E-state index in [4.69, 9.17) is 5.73 Å². The van der Waals surface area contributed by atoms with Gasteiger partial charge in [-0.25, -0.2) is 0 Å². The Morgan fingerprint density at radius 1 is 1.26 bits per heavy atom. The van der Waals surface area contributed by atoms with Crippen molar-refractivity contribution >= 4 is 5.91 Å². The SMILES string of the molecule is CC1CCCCCN1C(=O)Cc1ccccc1CN. The van der Waals surface area contributed by atoms with Crippen molar-refractivity contribution in [3.63, 3.8) is 0 Å². The van der Waals surface area contributed by atoms with E-state index in [0.717, 1.165) is 30.5 Å². The van der Waals surface area contributed by atoms with E-state index in [2.05, 4.69) is 11.8 Å². The van der Waals surface area contributed by atoms with Gasteiger partial charge in [0, 0.05) is 19.1 Å². The van der Waals surface area contributed by atoms with Crippen LogP contribution in [0.15, 0.2) is 24.3 Å². The predicted molar refractivity (Wildman–Crippen MR) is 77.7 cm³/mol. The minimum absolute atomic E-state index is 0.246. The number of nitrogens with zero attached hydrogens (tertiary/aromatic N) is 1. The molecule has 3 nitrogen and oxygen atoms in total. The summed E-state index contributed by atoms with van der Waals surface area (Å²) >= 11 is 0. The van der Waals surface area contributed by atoms with Gasteiger partial charge in [0.15, 0.2) is 0 Å². The van der Waals surface area contributed by atoms with Gasteiger partial charge in [0.25, 0.3) is 0 Å². The Hall–Kier alpha value is -1.35. The van der Waals surface area contributed by atoms with Crippen molar-refractivity contribution in [2.24, 2.45) is 5.73 Å². The fourth-order valence-corrected chi connectivity index (χ4v) is 2.84. The highest BCUT2D eigenvalue weighted by Crippen LogP contribution is 2.18. The van der Waals surface area contributed by atoms with Crippen LogP contribution >= 0.6 is 0 Å². The maximum absolute atomic E-state index is 12.5. The molecule has 0 spiro atoms. The van der Waals surface area contributed by atoms with Crippen LogP contribution in [-0.2, 0) is 17.8 Å². The lowest BCUT2D eigenvalue weighted by molar-refractivity contribution is -0.132. The summed E-state index contributed by atoms with van der Waals surface area (Å²) in [6, 6.07) is 8.36. The second-order valence-electron chi connectivity index (χ2n) is 5.44. The van der Waals surface area contributed by atoms with Crippen LogP contribution < -0.4 is 5.73 Å². The van der Waals surface area contributed by atoms with Gasteiger partial charge in [0.05, 0.1) is 6.42 Å². The second-order valence-corrected chi connectivity index (χ2v) is 5.44. The Kier molecular flexibility index (Phi) is 4.97. The molecular formula is C16H24N2O. The smallest absolute Gasteiger partial charge is 0.227 e. The maximum Gasteiger partial charge on any atom is 0.227 e. The standard InChI is InChI=1S/C16H24N2O/c1-13-7-3-2-6-10-18(13)16(19)11-14-8-4-5-9-15(14)12-17/h4-5,8-9,13H,2-3,6-7,10-12,17H2,1H3. The summed E-state index contributed by atoms with van der Waals surface area (Å²) in [6.45, 7) is 3.57. The summed E-state index contributed by atoms with van der Waals surface area (Å²) in [7, 11) is 0. The Morgan fingerprint density at radius 3 is 2.74 bits per heavy atom. The van der Waals surface area contributed by atoms with Crippen molar-refractivity contribution in [3.8, 4) is 0 Å². The van der Waals surface area contributed by atoms with Crippen molar-refractivity contribution in [1.29, 1.82) is 0 Å². The molecule has 0 radical (unpaired) electrons. The molecule has 1 amide bonds. The predicted octanol–water partition coefficient (Wildman–Crippen LogP) is 2.48. The van der Waals surface area contributed by atoms with Gasteiger partial charge in [-0.3, -0.25) is 4.79 Å². The first kappa shape index (κ1) is 14.1. The number of carbonyl (C=O) groups excluding carboxylic acids is 1. The van der Waals surface area contributed by atoms with Crippen molar-refractivity contribution in [3.05, 3.63) is 35.4 Å². The minimum Gasteiger partial charge on any atom is -0.340 e. The number of carbonyl (C=O) groups is 1. The van der Waals surface area contributed by atoms with Crippen molar-refractivity contribution in [1.82, 2.24) is 4.90 Å². The maximum atomic E-state index is 12.5. The monoisotopic (exact) mass is 260 g/mol. The van der Waals surface area contributed by atoms with Crippen molar-refractivity contribution in [2.75, 3.05) is 6.54 Å². The van der Waals surface area contributed by atoms with Crippen molar-refractivity contribution < 1.29 is 4.79 Å². The largest absolute Gasteiger partial charge is 0.340 e. The molecule has 1 fully saturated rings. The fourth-order valence-electron chi connectivity index (χ4n) is 2.84. The first-order valence-corrected chi connectivity index (χ1v) is 7.28. The normalized spacial score (nSPS) is 20.1. The highest BCUT2D eigenvalue weighted by molar-refractivity contribution is 5.79. The average Bonchev–Trinajstić information content (AvgIpc) is 2.64. The average molecular weight is 260 g/mol. The topological polar surface area (TPSA) is 46.3 Å². The van der Waals surface area contributed by atoms with Crippen LogP contribution in [0.2, 0.25) is 0 Å².